The van der Waals surface area contributed by atoms with Gasteiger partial charge in [0.1, 0.15) is 6.04 Å². The van der Waals surface area contributed by atoms with E-state index in [-0.39, 0.29) is 34.6 Å². The van der Waals surface area contributed by atoms with E-state index in [0.29, 0.717) is 16.1 Å². The summed E-state index contributed by atoms with van der Waals surface area (Å²) in [4.78, 5) is 37.5. The Morgan fingerprint density at radius 3 is 2.53 bits per heavy atom. The number of hydrogen-bond donors (Lipinski definition) is 3. The van der Waals surface area contributed by atoms with Gasteiger partial charge in [-0.25, -0.2) is 8.42 Å². The van der Waals surface area contributed by atoms with Crippen LogP contribution in [0, 0.1) is 13.8 Å². The summed E-state index contributed by atoms with van der Waals surface area (Å²) in [7, 11) is -3.97. The first-order valence-electron chi connectivity index (χ1n) is 9.77. The Morgan fingerprint density at radius 1 is 1.12 bits per heavy atom. The minimum Gasteiger partial charge on any atom is -0.369 e. The topological polar surface area (TPSA) is 133 Å². The molecule has 4 rings (SSSR count). The third-order valence-corrected chi connectivity index (χ3v) is 7.53. The summed E-state index contributed by atoms with van der Waals surface area (Å²) < 4.78 is 28.3. The zero-order chi connectivity index (χ0) is 23.4. The largest absolute Gasteiger partial charge is 0.369 e. The van der Waals surface area contributed by atoms with Crippen LogP contribution in [0.2, 0.25) is 5.02 Å². The number of benzene rings is 2. The summed E-state index contributed by atoms with van der Waals surface area (Å²) in [5.74, 6) is -1.66. The molecule has 0 aliphatic carbocycles. The maximum absolute atomic E-state index is 12.9. The molecule has 2 unspecified atom stereocenters. The Hall–Kier alpha value is -2.95. The Morgan fingerprint density at radius 2 is 1.84 bits per heavy atom. The van der Waals surface area contributed by atoms with Gasteiger partial charge in [0.2, 0.25) is 11.8 Å². The SMILES string of the molecule is Cc1cc(S(=O)(=O)Nc2ccc3c(c2)C(O)N(C2CCC(=O)NC2=O)C3=O)c(C)cc1Cl. The second-order valence-electron chi connectivity index (χ2n) is 7.83. The Kier molecular flexibility index (Phi) is 5.48. The van der Waals surface area contributed by atoms with Gasteiger partial charge in [-0.2, -0.15) is 0 Å². The molecule has 2 aliphatic heterocycles. The second kappa shape index (κ2) is 7.88. The van der Waals surface area contributed by atoms with Crippen LogP contribution in [-0.2, 0) is 19.6 Å². The minimum atomic E-state index is -3.97. The highest BCUT2D eigenvalue weighted by molar-refractivity contribution is 7.92. The van der Waals surface area contributed by atoms with Crippen molar-refractivity contribution in [3.63, 3.8) is 0 Å². The van der Waals surface area contributed by atoms with E-state index in [0.717, 1.165) is 4.90 Å². The first kappa shape index (κ1) is 22.3. The first-order chi connectivity index (χ1) is 15.0. The number of aliphatic hydroxyl groups excluding tert-OH is 1. The molecule has 3 amide bonds. The number of fused-ring (bicyclic) bond motifs is 1. The van der Waals surface area contributed by atoms with Crippen LogP contribution in [0.4, 0.5) is 5.69 Å². The molecule has 0 spiro atoms. The molecule has 168 valence electrons. The average molecular weight is 478 g/mol. The van der Waals surface area contributed by atoms with Gasteiger partial charge in [0, 0.05) is 28.3 Å². The number of nitrogens with zero attached hydrogens (tertiary/aromatic N) is 1. The van der Waals surface area contributed by atoms with Gasteiger partial charge in [0.15, 0.2) is 6.23 Å². The number of halogens is 1. The highest BCUT2D eigenvalue weighted by Crippen LogP contribution is 2.37. The molecule has 3 N–H and O–H groups in total. The Balaban J connectivity index is 1.63. The van der Waals surface area contributed by atoms with Crippen molar-refractivity contribution in [2.75, 3.05) is 4.72 Å². The quantitative estimate of drug-likeness (QED) is 0.577. The van der Waals surface area contributed by atoms with Crippen LogP contribution in [0.3, 0.4) is 0 Å². The number of carbonyl (C=O) groups excluding carboxylic acids is 3. The van der Waals surface area contributed by atoms with Crippen LogP contribution >= 0.6 is 11.6 Å². The van der Waals surface area contributed by atoms with E-state index in [9.17, 15) is 27.9 Å². The first-order valence-corrected chi connectivity index (χ1v) is 11.6. The van der Waals surface area contributed by atoms with Crippen LogP contribution < -0.4 is 10.0 Å². The van der Waals surface area contributed by atoms with Gasteiger partial charge in [-0.1, -0.05) is 11.6 Å². The van der Waals surface area contributed by atoms with E-state index >= 15 is 0 Å². The third-order valence-electron chi connectivity index (χ3n) is 5.60. The van der Waals surface area contributed by atoms with E-state index in [1.54, 1.807) is 19.9 Å². The molecular formula is C21H20ClN3O6S. The number of anilines is 1. The van der Waals surface area contributed by atoms with Crippen LogP contribution in [0.1, 0.15) is 46.1 Å². The number of sulfonamides is 1. The normalized spacial score (nSPS) is 20.9. The summed E-state index contributed by atoms with van der Waals surface area (Å²) in [5.41, 5.74) is 1.54. The highest BCUT2D eigenvalue weighted by atomic mass is 35.5. The van der Waals surface area contributed by atoms with Gasteiger partial charge >= 0.3 is 0 Å². The van der Waals surface area contributed by atoms with Gasteiger partial charge in [0.05, 0.1) is 4.90 Å². The molecule has 2 aromatic carbocycles. The third kappa shape index (κ3) is 3.74. The summed E-state index contributed by atoms with van der Waals surface area (Å²) >= 11 is 6.06. The summed E-state index contributed by atoms with van der Waals surface area (Å²) in [6.07, 6.45) is -1.31. The van der Waals surface area contributed by atoms with Gasteiger partial charge in [-0.3, -0.25) is 29.3 Å². The average Bonchev–Trinajstić information content (AvgIpc) is 2.95. The van der Waals surface area contributed by atoms with Crippen molar-refractivity contribution in [1.82, 2.24) is 10.2 Å². The van der Waals surface area contributed by atoms with E-state index in [2.05, 4.69) is 10.0 Å². The van der Waals surface area contributed by atoms with Crippen molar-refractivity contribution >= 4 is 45.0 Å². The second-order valence-corrected chi connectivity index (χ2v) is 9.89. The molecule has 1 fully saturated rings. The molecular weight excluding hydrogens is 458 g/mol. The minimum absolute atomic E-state index is 0.0498. The van der Waals surface area contributed by atoms with Gasteiger partial charge in [-0.05, 0) is 61.7 Å². The van der Waals surface area contributed by atoms with E-state index in [1.807, 2.05) is 0 Å². The van der Waals surface area contributed by atoms with E-state index in [1.165, 1.54) is 24.3 Å². The van der Waals surface area contributed by atoms with Crippen molar-refractivity contribution in [3.05, 3.63) is 57.6 Å². The maximum atomic E-state index is 12.9. The number of aliphatic hydroxyl groups is 1. The van der Waals surface area contributed by atoms with Crippen molar-refractivity contribution in [1.29, 1.82) is 0 Å². The molecule has 11 heteroatoms. The van der Waals surface area contributed by atoms with Crippen LogP contribution in [-0.4, -0.2) is 42.2 Å². The van der Waals surface area contributed by atoms with Crippen LogP contribution in [0.5, 0.6) is 0 Å². The van der Waals surface area contributed by atoms with Crippen LogP contribution in [0.15, 0.2) is 35.2 Å². The lowest BCUT2D eigenvalue weighted by Gasteiger charge is -2.31. The number of aryl methyl sites for hydroxylation is 2. The van der Waals surface area contributed by atoms with E-state index in [4.69, 9.17) is 11.6 Å². The zero-order valence-electron chi connectivity index (χ0n) is 17.2. The fraction of sp³-hybridized carbons (Fsp3) is 0.286. The van der Waals surface area contributed by atoms with E-state index < -0.39 is 40.0 Å². The summed E-state index contributed by atoms with van der Waals surface area (Å²) in [6.45, 7) is 3.32. The number of amides is 3. The van der Waals surface area contributed by atoms with Gasteiger partial charge < -0.3 is 5.11 Å². The maximum Gasteiger partial charge on any atom is 0.262 e. The molecule has 2 aromatic rings. The Bertz CT molecular complexity index is 1280. The van der Waals surface area contributed by atoms with Crippen molar-refractivity contribution in [3.8, 4) is 0 Å². The number of nitrogens with one attached hydrogen (secondary N) is 2. The summed E-state index contributed by atoms with van der Waals surface area (Å²) in [5, 5.41) is 13.4. The molecule has 2 atom stereocenters. The van der Waals surface area contributed by atoms with Crippen LogP contribution in [0.25, 0.3) is 0 Å². The number of hydrogen-bond acceptors (Lipinski definition) is 6. The molecule has 9 nitrogen and oxygen atoms in total. The predicted octanol–water partition coefficient (Wildman–Crippen LogP) is 2.01. The van der Waals surface area contributed by atoms with Gasteiger partial charge in [-0.15, -0.1) is 0 Å². The fourth-order valence-electron chi connectivity index (χ4n) is 3.95. The molecule has 0 bridgehead atoms. The summed E-state index contributed by atoms with van der Waals surface area (Å²) in [6, 6.07) is 6.20. The monoisotopic (exact) mass is 477 g/mol. The molecule has 1 saturated heterocycles. The molecule has 2 aliphatic rings. The lowest BCUT2D eigenvalue weighted by Crippen LogP contribution is -2.53. The molecule has 0 radical (unpaired) electrons. The van der Waals surface area contributed by atoms with Crippen molar-refractivity contribution < 1.29 is 27.9 Å². The lowest BCUT2D eigenvalue weighted by molar-refractivity contribution is -0.139. The number of imide groups is 1. The number of rotatable bonds is 4. The zero-order valence-corrected chi connectivity index (χ0v) is 18.7. The number of carbonyl (C=O) groups is 3. The van der Waals surface area contributed by atoms with Crippen molar-refractivity contribution in [2.45, 2.75) is 43.9 Å². The van der Waals surface area contributed by atoms with Gasteiger partial charge in [0.25, 0.3) is 15.9 Å². The fourth-order valence-corrected chi connectivity index (χ4v) is 5.53. The molecule has 2 heterocycles. The predicted molar refractivity (Wildman–Crippen MR) is 115 cm³/mol. The number of piperidine rings is 1. The highest BCUT2D eigenvalue weighted by Gasteiger charge is 2.44. The Labute approximate surface area is 189 Å². The van der Waals surface area contributed by atoms with Crippen molar-refractivity contribution in [2.24, 2.45) is 0 Å². The molecule has 32 heavy (non-hydrogen) atoms. The lowest BCUT2D eigenvalue weighted by atomic mass is 10.0. The molecule has 0 saturated carbocycles. The smallest absolute Gasteiger partial charge is 0.262 e. The standard InChI is InChI=1S/C21H20ClN3O6S/c1-10-8-17(11(2)7-15(10)22)32(30,31)24-12-3-4-13-14(9-12)21(29)25(20(13)28)16-5-6-18(26)23-19(16)27/h3-4,7-9,16,21,24,29H,5-6H2,1-2H3,(H,23,26,27). The molecule has 0 aromatic heterocycles.